The molecule has 0 saturated carbocycles. The Labute approximate surface area is 130 Å². The van der Waals surface area contributed by atoms with E-state index in [1.807, 2.05) is 0 Å². The van der Waals surface area contributed by atoms with Crippen molar-refractivity contribution < 1.29 is 0 Å². The summed E-state index contributed by atoms with van der Waals surface area (Å²) in [5.41, 5.74) is 5.16. The minimum absolute atomic E-state index is 0. The molecule has 2 heterocycles. The van der Waals surface area contributed by atoms with Gasteiger partial charge in [-0.05, 0) is 36.1 Å². The number of halogens is 2. The Morgan fingerprint density at radius 2 is 2.05 bits per heavy atom. The molecule has 0 aliphatic carbocycles. The van der Waals surface area contributed by atoms with E-state index in [1.54, 1.807) is 11.3 Å². The van der Waals surface area contributed by atoms with Gasteiger partial charge in [-0.3, -0.25) is 0 Å². The molecular formula is C14H18Cl2N2S. The van der Waals surface area contributed by atoms with Gasteiger partial charge in [-0.15, -0.1) is 36.2 Å². The van der Waals surface area contributed by atoms with Gasteiger partial charge in [0.15, 0.2) is 0 Å². The Morgan fingerprint density at radius 1 is 1.26 bits per heavy atom. The molecule has 2 nitrogen and oxygen atoms in total. The highest BCUT2D eigenvalue weighted by atomic mass is 35.5. The van der Waals surface area contributed by atoms with Crippen LogP contribution in [0.3, 0.4) is 0 Å². The lowest BCUT2D eigenvalue weighted by atomic mass is 10.1. The molecule has 104 valence electrons. The minimum atomic E-state index is 0. The Hall–Kier alpha value is -0.770. The van der Waals surface area contributed by atoms with E-state index in [0.717, 1.165) is 18.0 Å². The second-order valence-corrected chi connectivity index (χ2v) is 5.64. The predicted octanol–water partition coefficient (Wildman–Crippen LogP) is 4.75. The summed E-state index contributed by atoms with van der Waals surface area (Å²) in [6.45, 7) is 5.44. The van der Waals surface area contributed by atoms with E-state index in [2.05, 4.69) is 42.7 Å². The van der Waals surface area contributed by atoms with Gasteiger partial charge in [0, 0.05) is 23.2 Å². The molecule has 5 heteroatoms. The van der Waals surface area contributed by atoms with E-state index in [-0.39, 0.29) is 24.8 Å². The van der Waals surface area contributed by atoms with Gasteiger partial charge in [-0.1, -0.05) is 13.8 Å². The van der Waals surface area contributed by atoms with Crippen LogP contribution in [0, 0.1) is 0 Å². The van der Waals surface area contributed by atoms with Crippen LogP contribution in [0.2, 0.25) is 0 Å². The van der Waals surface area contributed by atoms with Crippen molar-refractivity contribution in [2.45, 2.75) is 26.2 Å². The summed E-state index contributed by atoms with van der Waals surface area (Å²) in [6, 6.07) is 6.62. The maximum absolute atomic E-state index is 4.70. The van der Waals surface area contributed by atoms with Crippen molar-refractivity contribution >= 4 is 41.8 Å². The fraction of sp³-hybridized carbons (Fsp3) is 0.357. The zero-order valence-corrected chi connectivity index (χ0v) is 13.4. The Morgan fingerprint density at radius 3 is 2.74 bits per heavy atom. The molecule has 1 N–H and O–H groups in total. The van der Waals surface area contributed by atoms with Crippen LogP contribution >= 0.6 is 36.2 Å². The van der Waals surface area contributed by atoms with Crippen LogP contribution in [0.5, 0.6) is 0 Å². The molecule has 1 aliphatic rings. The molecular weight excluding hydrogens is 299 g/mol. The second kappa shape index (κ2) is 6.60. The molecule has 1 aliphatic heterocycles. The molecule has 0 fully saturated rings. The molecule has 0 spiro atoms. The smallest absolute Gasteiger partial charge is 0.123 e. The normalized spacial score (nSPS) is 12.4. The third-order valence-corrected chi connectivity index (χ3v) is 4.09. The van der Waals surface area contributed by atoms with Gasteiger partial charge >= 0.3 is 0 Å². The fourth-order valence-corrected chi connectivity index (χ4v) is 3.10. The van der Waals surface area contributed by atoms with Crippen molar-refractivity contribution in [3.05, 3.63) is 34.8 Å². The number of rotatable bonds is 2. The highest BCUT2D eigenvalue weighted by molar-refractivity contribution is 7.13. The van der Waals surface area contributed by atoms with Crippen LogP contribution in [0.25, 0.3) is 10.6 Å². The summed E-state index contributed by atoms with van der Waals surface area (Å²) in [5.74, 6) is 0.510. The van der Waals surface area contributed by atoms with Crippen LogP contribution in [0.1, 0.15) is 31.0 Å². The van der Waals surface area contributed by atoms with Gasteiger partial charge < -0.3 is 5.32 Å². The van der Waals surface area contributed by atoms with Crippen molar-refractivity contribution in [2.24, 2.45) is 0 Å². The number of hydrogen-bond donors (Lipinski definition) is 1. The molecule has 2 aromatic rings. The van der Waals surface area contributed by atoms with Crippen LogP contribution in [0.4, 0.5) is 5.69 Å². The first kappa shape index (κ1) is 16.3. The predicted molar refractivity (Wildman–Crippen MR) is 88.3 cm³/mol. The number of nitrogens with one attached hydrogen (secondary N) is 1. The molecule has 0 amide bonds. The zero-order chi connectivity index (χ0) is 11.8. The van der Waals surface area contributed by atoms with Crippen molar-refractivity contribution in [3.63, 3.8) is 0 Å². The van der Waals surface area contributed by atoms with Gasteiger partial charge in [0.05, 0.1) is 5.69 Å². The first-order valence-electron chi connectivity index (χ1n) is 6.06. The molecule has 0 bridgehead atoms. The quantitative estimate of drug-likeness (QED) is 0.865. The van der Waals surface area contributed by atoms with E-state index < -0.39 is 0 Å². The number of fused-ring (bicyclic) bond motifs is 1. The van der Waals surface area contributed by atoms with Gasteiger partial charge in [0.25, 0.3) is 0 Å². The minimum Gasteiger partial charge on any atom is -0.384 e. The van der Waals surface area contributed by atoms with Crippen molar-refractivity contribution in [1.29, 1.82) is 0 Å². The van der Waals surface area contributed by atoms with Crippen LogP contribution in [0.15, 0.2) is 23.6 Å². The average Bonchev–Trinajstić information content (AvgIpc) is 2.97. The van der Waals surface area contributed by atoms with Crippen LogP contribution in [-0.2, 0) is 6.42 Å². The summed E-state index contributed by atoms with van der Waals surface area (Å²) in [5, 5.41) is 6.70. The van der Waals surface area contributed by atoms with Crippen molar-refractivity contribution in [2.75, 3.05) is 11.9 Å². The highest BCUT2D eigenvalue weighted by Crippen LogP contribution is 2.31. The van der Waals surface area contributed by atoms with E-state index in [0.29, 0.717) is 5.92 Å². The third kappa shape index (κ3) is 3.22. The largest absolute Gasteiger partial charge is 0.384 e. The van der Waals surface area contributed by atoms with Gasteiger partial charge in [-0.25, -0.2) is 4.98 Å². The zero-order valence-electron chi connectivity index (χ0n) is 11.0. The molecule has 1 aromatic carbocycles. The lowest BCUT2D eigenvalue weighted by molar-refractivity contribution is 0.834. The number of nitrogens with zero attached hydrogens (tertiary/aromatic N) is 1. The van der Waals surface area contributed by atoms with Gasteiger partial charge in [0.1, 0.15) is 5.01 Å². The number of hydrogen-bond acceptors (Lipinski definition) is 3. The van der Waals surface area contributed by atoms with Crippen LogP contribution in [-0.4, -0.2) is 11.5 Å². The molecule has 0 saturated heterocycles. The summed E-state index contributed by atoms with van der Waals surface area (Å²) < 4.78 is 0. The maximum atomic E-state index is 4.70. The van der Waals surface area contributed by atoms with Crippen molar-refractivity contribution in [3.8, 4) is 10.6 Å². The number of benzene rings is 1. The van der Waals surface area contributed by atoms with Gasteiger partial charge in [-0.2, -0.15) is 0 Å². The molecule has 0 radical (unpaired) electrons. The molecule has 1 aromatic heterocycles. The Bertz CT molecular complexity index is 552. The monoisotopic (exact) mass is 316 g/mol. The lowest BCUT2D eigenvalue weighted by Crippen LogP contribution is -1.90. The third-order valence-electron chi connectivity index (χ3n) is 3.18. The summed E-state index contributed by atoms with van der Waals surface area (Å²) >= 11 is 1.74. The highest BCUT2D eigenvalue weighted by Gasteiger charge is 2.13. The summed E-state index contributed by atoms with van der Waals surface area (Å²) in [4.78, 5) is 4.70. The summed E-state index contributed by atoms with van der Waals surface area (Å²) in [7, 11) is 0. The first-order chi connectivity index (χ1) is 8.24. The number of anilines is 1. The molecule has 19 heavy (non-hydrogen) atoms. The topological polar surface area (TPSA) is 24.9 Å². The van der Waals surface area contributed by atoms with Crippen molar-refractivity contribution in [1.82, 2.24) is 4.98 Å². The Balaban J connectivity index is 0.000000902. The molecule has 3 rings (SSSR count). The maximum Gasteiger partial charge on any atom is 0.123 e. The summed E-state index contributed by atoms with van der Waals surface area (Å²) in [6.07, 6.45) is 1.13. The first-order valence-corrected chi connectivity index (χ1v) is 6.94. The van der Waals surface area contributed by atoms with Crippen LogP contribution < -0.4 is 5.32 Å². The lowest BCUT2D eigenvalue weighted by Gasteiger charge is -2.02. The average molecular weight is 317 g/mol. The van der Waals surface area contributed by atoms with Gasteiger partial charge in [0.2, 0.25) is 0 Å². The Kier molecular flexibility index (Phi) is 5.65. The van der Waals surface area contributed by atoms with E-state index in [1.165, 1.54) is 22.5 Å². The SMILES string of the molecule is CC(C)c1csc(-c2ccc3c(c2)CCN3)n1.Cl.Cl. The number of thiazole rings is 1. The van der Waals surface area contributed by atoms with E-state index in [9.17, 15) is 0 Å². The molecule has 0 unspecified atom stereocenters. The fourth-order valence-electron chi connectivity index (χ4n) is 2.12. The standard InChI is InChI=1S/C14H16N2S.2ClH/c1-9(2)13-8-17-14(16-13)11-3-4-12-10(7-11)5-6-15-12;;/h3-4,7-9,15H,5-6H2,1-2H3;2*1H. The van der Waals surface area contributed by atoms with E-state index >= 15 is 0 Å². The van der Waals surface area contributed by atoms with E-state index in [4.69, 9.17) is 4.98 Å². The second-order valence-electron chi connectivity index (χ2n) is 4.78. The molecule has 0 atom stereocenters. The number of aromatic nitrogens is 1.